The number of hydrogen-bond acceptors (Lipinski definition) is 3. The molecule has 2 heterocycles. The molecule has 116 valence electrons. The molecule has 0 atom stereocenters. The molecule has 0 N–H and O–H groups in total. The Morgan fingerprint density at radius 2 is 1.96 bits per heavy atom. The summed E-state index contributed by atoms with van der Waals surface area (Å²) in [4.78, 5) is 9.50. The van der Waals surface area contributed by atoms with Crippen molar-refractivity contribution in [3.8, 4) is 5.75 Å². The van der Waals surface area contributed by atoms with Crippen LogP contribution in [0.15, 0.2) is 53.7 Å². The zero-order chi connectivity index (χ0) is 15.9. The summed E-state index contributed by atoms with van der Waals surface area (Å²) in [5.41, 5.74) is 4.20. The smallest absolute Gasteiger partial charge is 0.137 e. The van der Waals surface area contributed by atoms with Crippen LogP contribution >= 0.6 is 0 Å². The monoisotopic (exact) mass is 305 g/mol. The zero-order valence-electron chi connectivity index (χ0n) is 13.4. The molecule has 0 saturated heterocycles. The number of aryl methyl sites for hydroxylation is 1. The minimum atomic E-state index is -0.0718. The van der Waals surface area contributed by atoms with Crippen LogP contribution in [0.2, 0.25) is 0 Å². The lowest BCUT2D eigenvalue weighted by atomic mass is 10.1. The molecule has 1 aliphatic rings. The Kier molecular flexibility index (Phi) is 3.18. The third-order valence-electron chi connectivity index (χ3n) is 4.54. The predicted molar refractivity (Wildman–Crippen MR) is 91.4 cm³/mol. The second-order valence-corrected chi connectivity index (χ2v) is 6.03. The van der Waals surface area contributed by atoms with Crippen LogP contribution in [0.25, 0.3) is 5.65 Å². The molecule has 0 aliphatic heterocycles. The molecule has 0 spiro atoms. The Hall–Kier alpha value is -2.62. The van der Waals surface area contributed by atoms with Gasteiger partial charge in [0.25, 0.3) is 0 Å². The highest BCUT2D eigenvalue weighted by Gasteiger charge is 2.43. The number of aromatic nitrogens is 2. The Bertz CT molecular complexity index is 873. The van der Waals surface area contributed by atoms with Crippen molar-refractivity contribution in [2.24, 2.45) is 4.99 Å². The summed E-state index contributed by atoms with van der Waals surface area (Å²) in [6.07, 6.45) is 6.19. The van der Waals surface area contributed by atoms with Gasteiger partial charge in [-0.25, -0.2) is 4.98 Å². The van der Waals surface area contributed by atoms with E-state index in [1.807, 2.05) is 49.7 Å². The zero-order valence-corrected chi connectivity index (χ0v) is 13.4. The van der Waals surface area contributed by atoms with E-state index in [1.165, 1.54) is 5.56 Å². The van der Waals surface area contributed by atoms with Gasteiger partial charge in [-0.3, -0.25) is 9.39 Å². The lowest BCUT2D eigenvalue weighted by molar-refractivity contribution is 0.414. The molecule has 0 bridgehead atoms. The first-order chi connectivity index (χ1) is 11.2. The number of rotatable bonds is 4. The summed E-state index contributed by atoms with van der Waals surface area (Å²) in [6.45, 7) is 2.03. The Balaban J connectivity index is 1.68. The molecule has 1 fully saturated rings. The standard InChI is InChI=1S/C19H19N3O/c1-14-17(22-12-4-3-5-18(22)21-14)13-20-19(10-11-19)15-6-8-16(23-2)9-7-15/h3-9,12-13H,10-11H2,1-2H3. The molecule has 4 nitrogen and oxygen atoms in total. The van der Waals surface area contributed by atoms with E-state index in [4.69, 9.17) is 9.73 Å². The second kappa shape index (κ2) is 5.23. The summed E-state index contributed by atoms with van der Waals surface area (Å²) in [5.74, 6) is 0.881. The van der Waals surface area contributed by atoms with Crippen molar-refractivity contribution in [2.45, 2.75) is 25.3 Å². The van der Waals surface area contributed by atoms with E-state index >= 15 is 0 Å². The lowest BCUT2D eigenvalue weighted by Gasteiger charge is -2.11. The first-order valence-corrected chi connectivity index (χ1v) is 7.85. The van der Waals surface area contributed by atoms with Gasteiger partial charge in [0.2, 0.25) is 0 Å². The molecule has 4 heteroatoms. The molecule has 0 amide bonds. The summed E-state index contributed by atoms with van der Waals surface area (Å²) < 4.78 is 7.32. The molecule has 23 heavy (non-hydrogen) atoms. The number of aliphatic imine (C=N–C) groups is 1. The van der Waals surface area contributed by atoms with E-state index in [0.29, 0.717) is 0 Å². The predicted octanol–water partition coefficient (Wildman–Crippen LogP) is 3.76. The normalized spacial score (nSPS) is 16.1. The fraction of sp³-hybridized carbons (Fsp3) is 0.263. The van der Waals surface area contributed by atoms with Gasteiger partial charge in [0.05, 0.1) is 24.0 Å². The van der Waals surface area contributed by atoms with E-state index < -0.39 is 0 Å². The maximum atomic E-state index is 5.24. The van der Waals surface area contributed by atoms with Crippen molar-refractivity contribution in [2.75, 3.05) is 7.11 Å². The summed E-state index contributed by atoms with van der Waals surface area (Å²) >= 11 is 0. The van der Waals surface area contributed by atoms with E-state index in [-0.39, 0.29) is 5.54 Å². The Morgan fingerprint density at radius 3 is 2.65 bits per heavy atom. The van der Waals surface area contributed by atoms with Crippen LogP contribution in [0.1, 0.15) is 29.8 Å². The minimum absolute atomic E-state index is 0.0718. The van der Waals surface area contributed by atoms with Crippen molar-refractivity contribution < 1.29 is 4.74 Å². The second-order valence-electron chi connectivity index (χ2n) is 6.03. The molecule has 3 aromatic rings. The fourth-order valence-electron chi connectivity index (χ4n) is 2.98. The minimum Gasteiger partial charge on any atom is -0.497 e. The van der Waals surface area contributed by atoms with Gasteiger partial charge in [-0.2, -0.15) is 0 Å². The summed E-state index contributed by atoms with van der Waals surface area (Å²) in [7, 11) is 1.69. The van der Waals surface area contributed by atoms with Gasteiger partial charge in [0.15, 0.2) is 0 Å². The number of benzene rings is 1. The quantitative estimate of drug-likeness (QED) is 0.688. The molecular weight excluding hydrogens is 286 g/mol. The van der Waals surface area contributed by atoms with Crippen LogP contribution in [0.5, 0.6) is 5.75 Å². The van der Waals surface area contributed by atoms with Gasteiger partial charge in [-0.1, -0.05) is 18.2 Å². The van der Waals surface area contributed by atoms with Gasteiger partial charge in [-0.05, 0) is 49.6 Å². The van der Waals surface area contributed by atoms with E-state index in [0.717, 1.165) is 35.6 Å². The number of ether oxygens (including phenoxy) is 1. The van der Waals surface area contributed by atoms with Crippen LogP contribution in [-0.2, 0) is 5.54 Å². The molecular formula is C19H19N3O. The van der Waals surface area contributed by atoms with E-state index in [9.17, 15) is 0 Å². The van der Waals surface area contributed by atoms with Gasteiger partial charge in [0.1, 0.15) is 11.4 Å². The number of methoxy groups -OCH3 is 1. The molecule has 4 rings (SSSR count). The van der Waals surface area contributed by atoms with Crippen LogP contribution in [0.3, 0.4) is 0 Å². The molecule has 0 unspecified atom stereocenters. The molecule has 1 aromatic carbocycles. The van der Waals surface area contributed by atoms with Crippen LogP contribution in [0, 0.1) is 6.92 Å². The lowest BCUT2D eigenvalue weighted by Crippen LogP contribution is -2.04. The van der Waals surface area contributed by atoms with E-state index in [1.54, 1.807) is 7.11 Å². The highest BCUT2D eigenvalue weighted by molar-refractivity contribution is 5.81. The Labute approximate surface area is 135 Å². The van der Waals surface area contributed by atoms with Crippen LogP contribution < -0.4 is 4.74 Å². The maximum absolute atomic E-state index is 5.24. The third-order valence-corrected chi connectivity index (χ3v) is 4.54. The van der Waals surface area contributed by atoms with Crippen molar-refractivity contribution in [3.05, 3.63) is 65.6 Å². The molecule has 1 aliphatic carbocycles. The summed E-state index contributed by atoms with van der Waals surface area (Å²) in [5, 5.41) is 0. The maximum Gasteiger partial charge on any atom is 0.137 e. The number of hydrogen-bond donors (Lipinski definition) is 0. The third kappa shape index (κ3) is 2.40. The highest BCUT2D eigenvalue weighted by atomic mass is 16.5. The van der Waals surface area contributed by atoms with Crippen LogP contribution in [-0.4, -0.2) is 22.7 Å². The SMILES string of the molecule is COc1ccc(C2(N=Cc3c(C)nc4ccccn34)CC2)cc1. The topological polar surface area (TPSA) is 38.9 Å². The first-order valence-electron chi connectivity index (χ1n) is 7.85. The largest absolute Gasteiger partial charge is 0.497 e. The van der Waals surface area contributed by atoms with Crippen molar-refractivity contribution in [1.29, 1.82) is 0 Å². The van der Waals surface area contributed by atoms with Gasteiger partial charge < -0.3 is 4.74 Å². The van der Waals surface area contributed by atoms with Gasteiger partial charge in [0, 0.05) is 12.4 Å². The van der Waals surface area contributed by atoms with Crippen molar-refractivity contribution in [3.63, 3.8) is 0 Å². The van der Waals surface area contributed by atoms with Crippen molar-refractivity contribution >= 4 is 11.9 Å². The van der Waals surface area contributed by atoms with Crippen molar-refractivity contribution in [1.82, 2.24) is 9.38 Å². The van der Waals surface area contributed by atoms with Gasteiger partial charge in [-0.15, -0.1) is 0 Å². The van der Waals surface area contributed by atoms with Gasteiger partial charge >= 0.3 is 0 Å². The average Bonchev–Trinajstić information content (AvgIpc) is 3.31. The number of fused-ring (bicyclic) bond motifs is 1. The number of nitrogens with zero attached hydrogens (tertiary/aromatic N) is 3. The summed E-state index contributed by atoms with van der Waals surface area (Å²) in [6, 6.07) is 14.3. The van der Waals surface area contributed by atoms with Crippen LogP contribution in [0.4, 0.5) is 0 Å². The first kappa shape index (κ1) is 14.0. The average molecular weight is 305 g/mol. The number of pyridine rings is 1. The number of imidazole rings is 1. The molecule has 0 radical (unpaired) electrons. The molecule has 1 saturated carbocycles. The highest BCUT2D eigenvalue weighted by Crippen LogP contribution is 2.49. The molecule has 2 aromatic heterocycles. The Morgan fingerprint density at radius 1 is 1.17 bits per heavy atom. The van der Waals surface area contributed by atoms with E-state index in [2.05, 4.69) is 21.5 Å². The fourth-order valence-corrected chi connectivity index (χ4v) is 2.98.